The van der Waals surface area contributed by atoms with Crippen molar-refractivity contribution in [3.8, 4) is 0 Å². The maximum absolute atomic E-state index is 13.2. The van der Waals surface area contributed by atoms with Gasteiger partial charge in [0.2, 0.25) is 29.5 Å². The molecule has 1 saturated heterocycles. The van der Waals surface area contributed by atoms with E-state index in [-0.39, 0.29) is 24.5 Å². The number of carbonyl (C=O) groups is 6. The van der Waals surface area contributed by atoms with Gasteiger partial charge >= 0.3 is 0 Å². The van der Waals surface area contributed by atoms with Crippen molar-refractivity contribution in [3.63, 3.8) is 0 Å². The number of aliphatic hydroxyl groups is 5. The molecule has 1 aliphatic rings. The first-order valence-electron chi connectivity index (χ1n) is 15.4. The van der Waals surface area contributed by atoms with Crippen LogP contribution in [0.4, 0.5) is 17.1 Å². The van der Waals surface area contributed by atoms with Gasteiger partial charge in [0.1, 0.15) is 42.2 Å². The van der Waals surface area contributed by atoms with Gasteiger partial charge in [0.15, 0.2) is 0 Å². The van der Waals surface area contributed by atoms with Crippen LogP contribution in [0.2, 0.25) is 0 Å². The van der Waals surface area contributed by atoms with E-state index in [2.05, 4.69) is 21.3 Å². The highest BCUT2D eigenvalue weighted by Crippen LogP contribution is 2.25. The van der Waals surface area contributed by atoms with Gasteiger partial charge in [-0.1, -0.05) is 6.92 Å². The van der Waals surface area contributed by atoms with Gasteiger partial charge in [0.25, 0.3) is 11.6 Å². The number of nitro groups is 1. The number of benzene rings is 1. The lowest BCUT2D eigenvalue weighted by Crippen LogP contribution is -2.53. The number of likely N-dealkylation sites (tertiary alicyclic amines) is 1. The van der Waals surface area contributed by atoms with Crippen molar-refractivity contribution in [3.05, 3.63) is 28.3 Å². The molecule has 278 valence electrons. The molecule has 2 rings (SSSR count). The predicted octanol–water partition coefficient (Wildman–Crippen LogP) is -4.63. The topological polar surface area (TPSA) is 327 Å². The molecule has 6 amide bonds. The molecule has 1 aliphatic heterocycles. The van der Waals surface area contributed by atoms with Crippen LogP contribution in [0.5, 0.6) is 0 Å². The lowest BCUT2D eigenvalue weighted by molar-refractivity contribution is -0.383. The number of anilines is 2. The summed E-state index contributed by atoms with van der Waals surface area (Å²) in [4.78, 5) is 88.9. The molecule has 0 saturated carbocycles. The van der Waals surface area contributed by atoms with Crippen molar-refractivity contribution < 1.29 is 59.2 Å². The van der Waals surface area contributed by atoms with Gasteiger partial charge < -0.3 is 57.4 Å². The molecule has 1 aromatic carbocycles. The summed E-state index contributed by atoms with van der Waals surface area (Å²) in [7, 11) is 2.48. The highest BCUT2D eigenvalue weighted by Gasteiger charge is 2.46. The molecule has 21 heteroatoms. The lowest BCUT2D eigenvalue weighted by atomic mass is 10.0. The van der Waals surface area contributed by atoms with Crippen LogP contribution in [0.1, 0.15) is 26.2 Å². The van der Waals surface area contributed by atoms with Gasteiger partial charge in [0.05, 0.1) is 24.4 Å². The van der Waals surface area contributed by atoms with Crippen molar-refractivity contribution >= 4 is 52.5 Å². The number of rotatable bonds is 19. The summed E-state index contributed by atoms with van der Waals surface area (Å²) in [5.74, 6) is -5.85. The highest BCUT2D eigenvalue weighted by molar-refractivity contribution is 6.10. The van der Waals surface area contributed by atoms with Crippen molar-refractivity contribution in [1.29, 1.82) is 0 Å². The van der Waals surface area contributed by atoms with Gasteiger partial charge in [-0.3, -0.25) is 43.8 Å². The van der Waals surface area contributed by atoms with E-state index in [4.69, 9.17) is 10.8 Å². The largest absolute Gasteiger partial charge is 0.394 e. The maximum Gasteiger partial charge on any atom is 0.294 e. The summed E-state index contributed by atoms with van der Waals surface area (Å²) in [6.07, 6.45) is -8.83. The number of nitrogen functional groups attached to an aromatic ring is 1. The average Bonchev–Trinajstić information content (AvgIpc) is 3.35. The SMILES string of the molecule is CNC(=O)C(CC(=O)NCCNc1ccc(N)c([N+](=O)[O-])c1)N1C(=O)CC(NC(=O)C(C)CC(=O)N(C)CC(O)C(O)C(O)C(O)CO)C1=O. The summed E-state index contributed by atoms with van der Waals surface area (Å²) in [6, 6.07) is 1.11. The monoisotopic (exact) mass is 712 g/mol. The Morgan fingerprint density at radius 3 is 2.30 bits per heavy atom. The van der Waals surface area contributed by atoms with Crippen LogP contribution in [-0.2, 0) is 28.8 Å². The van der Waals surface area contributed by atoms with E-state index in [9.17, 15) is 59.3 Å². The summed E-state index contributed by atoms with van der Waals surface area (Å²) >= 11 is 0. The fraction of sp³-hybridized carbons (Fsp3) is 0.586. The van der Waals surface area contributed by atoms with E-state index < -0.39 is 115 Å². The molecule has 7 unspecified atom stereocenters. The maximum atomic E-state index is 13.2. The third kappa shape index (κ3) is 11.0. The van der Waals surface area contributed by atoms with Gasteiger partial charge in [-0.2, -0.15) is 0 Å². The van der Waals surface area contributed by atoms with Crippen molar-refractivity contribution in [2.45, 2.75) is 62.7 Å². The second-order valence-corrected chi connectivity index (χ2v) is 11.7. The number of carbonyl (C=O) groups excluding carboxylic acids is 6. The van der Waals surface area contributed by atoms with Crippen LogP contribution in [0.3, 0.4) is 0 Å². The molecule has 1 heterocycles. The zero-order valence-corrected chi connectivity index (χ0v) is 27.6. The summed E-state index contributed by atoms with van der Waals surface area (Å²) in [5.41, 5.74) is 5.61. The van der Waals surface area contributed by atoms with Crippen LogP contribution in [0.25, 0.3) is 0 Å². The van der Waals surface area contributed by atoms with Gasteiger partial charge in [-0.05, 0) is 12.1 Å². The molecular weight excluding hydrogens is 668 g/mol. The van der Waals surface area contributed by atoms with Gasteiger partial charge in [-0.15, -0.1) is 0 Å². The van der Waals surface area contributed by atoms with E-state index in [0.29, 0.717) is 10.6 Å². The molecule has 1 aromatic rings. The fourth-order valence-corrected chi connectivity index (χ4v) is 4.91. The molecule has 0 aromatic heterocycles. The molecule has 0 spiro atoms. The third-order valence-corrected chi connectivity index (χ3v) is 7.88. The predicted molar refractivity (Wildman–Crippen MR) is 172 cm³/mol. The Bertz CT molecular complexity index is 1430. The van der Waals surface area contributed by atoms with Crippen LogP contribution >= 0.6 is 0 Å². The normalized spacial score (nSPS) is 17.9. The Hall–Kier alpha value is -4.96. The Morgan fingerprint density at radius 1 is 1.06 bits per heavy atom. The molecule has 11 N–H and O–H groups in total. The second kappa shape index (κ2) is 18.7. The number of hydrogen-bond donors (Lipinski definition) is 10. The van der Waals surface area contributed by atoms with Gasteiger partial charge in [0, 0.05) is 57.8 Å². The Balaban J connectivity index is 1.94. The standard InChI is InChI=1S/C29H44N8O13/c1-14(8-23(42)35(3)12-20(39)25(44)26(45)21(40)13-38)27(46)34-17-10-24(43)36(29(17)48)19(28(47)31-2)11-22(41)33-7-6-32-15-4-5-16(30)18(9-15)37(49)50/h4-5,9,14,17,19-21,25-26,32,38-40,44-45H,6-8,10-13,30H2,1-3H3,(H,31,47)(H,33,41)(H,34,46). The number of nitrogens with two attached hydrogens (primary N) is 1. The highest BCUT2D eigenvalue weighted by atomic mass is 16.6. The van der Waals surface area contributed by atoms with E-state index in [1.807, 2.05) is 0 Å². The fourth-order valence-electron chi connectivity index (χ4n) is 4.91. The van der Waals surface area contributed by atoms with Crippen LogP contribution in [0.15, 0.2) is 18.2 Å². The number of nitrogens with one attached hydrogen (secondary N) is 4. The van der Waals surface area contributed by atoms with E-state index in [1.165, 1.54) is 39.2 Å². The summed E-state index contributed by atoms with van der Waals surface area (Å²) < 4.78 is 0. The number of nitrogens with zero attached hydrogens (tertiary/aromatic N) is 3. The van der Waals surface area contributed by atoms with Gasteiger partial charge in [-0.25, -0.2) is 0 Å². The number of amides is 6. The second-order valence-electron chi connectivity index (χ2n) is 11.7. The van der Waals surface area contributed by atoms with E-state index in [1.54, 1.807) is 0 Å². The number of nitro benzene ring substituents is 1. The molecule has 7 atom stereocenters. The molecule has 0 aliphatic carbocycles. The van der Waals surface area contributed by atoms with Crippen LogP contribution in [-0.4, -0.2) is 153 Å². The van der Waals surface area contributed by atoms with Crippen molar-refractivity contribution in [2.75, 3.05) is 51.4 Å². The molecule has 21 nitrogen and oxygen atoms in total. The molecule has 0 radical (unpaired) electrons. The number of likely N-dealkylation sites (N-methyl/N-ethyl adjacent to an activating group) is 2. The summed E-state index contributed by atoms with van der Waals surface area (Å²) in [6.45, 7) is 0.0759. The first-order valence-corrected chi connectivity index (χ1v) is 15.4. The first-order chi connectivity index (χ1) is 23.4. The number of imide groups is 1. The number of hydrogen-bond acceptors (Lipinski definition) is 15. The van der Waals surface area contributed by atoms with Crippen LogP contribution in [0, 0.1) is 16.0 Å². The first kappa shape index (κ1) is 41.2. The molecule has 0 bridgehead atoms. The zero-order valence-electron chi connectivity index (χ0n) is 27.6. The quantitative estimate of drug-likeness (QED) is 0.0212. The Morgan fingerprint density at radius 2 is 1.70 bits per heavy atom. The Labute approximate surface area is 285 Å². The minimum absolute atomic E-state index is 0.00181. The smallest absolute Gasteiger partial charge is 0.294 e. The summed E-state index contributed by atoms with van der Waals surface area (Å²) in [5, 5.41) is 69.3. The molecule has 1 fully saturated rings. The lowest BCUT2D eigenvalue weighted by Gasteiger charge is -2.29. The van der Waals surface area contributed by atoms with Crippen molar-refractivity contribution in [2.24, 2.45) is 5.92 Å². The minimum Gasteiger partial charge on any atom is -0.394 e. The average molecular weight is 713 g/mol. The molecular formula is C29H44N8O13. The van der Waals surface area contributed by atoms with Crippen LogP contribution < -0.4 is 27.0 Å². The van der Waals surface area contributed by atoms with Crippen molar-refractivity contribution in [1.82, 2.24) is 25.8 Å². The number of aliphatic hydroxyl groups excluding tert-OH is 5. The Kier molecular flexibility index (Phi) is 15.4. The molecule has 50 heavy (non-hydrogen) atoms. The van der Waals surface area contributed by atoms with E-state index >= 15 is 0 Å². The van der Waals surface area contributed by atoms with E-state index in [0.717, 1.165) is 4.90 Å². The minimum atomic E-state index is -1.91. The third-order valence-electron chi connectivity index (χ3n) is 7.88. The zero-order chi connectivity index (χ0) is 37.9.